The van der Waals surface area contributed by atoms with Gasteiger partial charge >= 0.3 is 0 Å². The molecule has 3 aromatic heterocycles. The molecule has 0 radical (unpaired) electrons. The fourth-order valence-electron chi connectivity index (χ4n) is 6.77. The predicted octanol–water partition coefficient (Wildman–Crippen LogP) is 5.03. The zero-order valence-corrected chi connectivity index (χ0v) is 21.6. The van der Waals surface area contributed by atoms with E-state index in [1.807, 2.05) is 15.6 Å². The molecule has 38 heavy (non-hydrogen) atoms. The fraction of sp³-hybridized carbons (Fsp3) is 0.483. The van der Waals surface area contributed by atoms with E-state index < -0.39 is 12.3 Å². The molecule has 3 aliphatic carbocycles. The monoisotopic (exact) mass is 517 g/mol. The summed E-state index contributed by atoms with van der Waals surface area (Å²) < 4.78 is 29.4. The smallest absolute Gasteiger partial charge is 0.182 e. The molecule has 1 aliphatic heterocycles. The van der Waals surface area contributed by atoms with E-state index in [2.05, 4.69) is 56.6 Å². The van der Waals surface area contributed by atoms with Crippen LogP contribution in [-0.2, 0) is 13.1 Å². The van der Waals surface area contributed by atoms with Gasteiger partial charge in [0.2, 0.25) is 0 Å². The van der Waals surface area contributed by atoms with Crippen LogP contribution in [-0.4, -0.2) is 56.2 Å². The maximum atomic E-state index is 14.0. The van der Waals surface area contributed by atoms with E-state index in [-0.39, 0.29) is 5.41 Å². The Bertz CT molecular complexity index is 1460. The maximum Gasteiger partial charge on any atom is 0.182 e. The summed E-state index contributed by atoms with van der Waals surface area (Å²) >= 11 is 0. The predicted molar refractivity (Wildman–Crippen MR) is 143 cm³/mol. The van der Waals surface area contributed by atoms with E-state index in [1.165, 1.54) is 5.39 Å². The van der Waals surface area contributed by atoms with Crippen molar-refractivity contribution in [2.24, 2.45) is 11.3 Å². The van der Waals surface area contributed by atoms with Gasteiger partial charge in [0, 0.05) is 48.6 Å². The first-order valence-corrected chi connectivity index (χ1v) is 13.7. The molecule has 3 saturated carbocycles. The van der Waals surface area contributed by atoms with E-state index in [0.29, 0.717) is 50.3 Å². The normalized spacial score (nSPS) is 27.2. The SMILES string of the molecule is CC(NCc1cc2ccc(Cn3cnc(-c4cncc(N5CC[C@H](F)C5)c4)n3)cc2[nH]1)C12CC(C1)[C@@H](F)C2. The lowest BCUT2D eigenvalue weighted by atomic mass is 9.65. The van der Waals surface area contributed by atoms with Gasteiger partial charge in [0.1, 0.15) is 18.7 Å². The van der Waals surface area contributed by atoms with E-state index >= 15 is 0 Å². The number of hydrogen-bond acceptors (Lipinski definition) is 5. The Morgan fingerprint density at radius 2 is 2.05 bits per heavy atom. The summed E-state index contributed by atoms with van der Waals surface area (Å²) in [5.41, 5.74) is 5.24. The van der Waals surface area contributed by atoms with Crippen LogP contribution in [0.5, 0.6) is 0 Å². The zero-order valence-electron chi connectivity index (χ0n) is 21.6. The van der Waals surface area contributed by atoms with Crippen molar-refractivity contribution in [2.45, 2.75) is 64.1 Å². The largest absolute Gasteiger partial charge is 0.367 e. The van der Waals surface area contributed by atoms with Crippen molar-refractivity contribution in [1.29, 1.82) is 0 Å². The van der Waals surface area contributed by atoms with Crippen LogP contribution in [0.3, 0.4) is 0 Å². The summed E-state index contributed by atoms with van der Waals surface area (Å²) in [5, 5.41) is 9.49. The Morgan fingerprint density at radius 1 is 1.16 bits per heavy atom. The van der Waals surface area contributed by atoms with Crippen molar-refractivity contribution in [3.05, 3.63) is 60.3 Å². The third kappa shape index (κ3) is 4.26. The molecule has 1 unspecified atom stereocenters. The Morgan fingerprint density at radius 3 is 2.84 bits per heavy atom. The third-order valence-electron chi connectivity index (χ3n) is 9.07. The van der Waals surface area contributed by atoms with Gasteiger partial charge in [0.15, 0.2) is 5.82 Å². The van der Waals surface area contributed by atoms with Crippen LogP contribution in [0.4, 0.5) is 14.5 Å². The number of alkyl halides is 2. The molecule has 198 valence electrons. The van der Waals surface area contributed by atoms with Crippen molar-refractivity contribution in [3.63, 3.8) is 0 Å². The number of aromatic nitrogens is 5. The standard InChI is InChI=1S/C29H33F2N7/c1-18(29-9-22(10-29)26(31)11-29)33-13-24-7-20-3-2-19(6-27(20)35-24)15-38-17-34-28(36-38)21-8-25(14-32-12-21)37-5-4-23(30)16-37/h2-3,6-8,12,14,17-18,22-23,26,33,35H,4-5,9-11,13,15-16H2,1H3/t18?,22?,23-,26-,29?/m0/s1. The number of nitrogens with zero attached hydrogens (tertiary/aromatic N) is 5. The minimum Gasteiger partial charge on any atom is -0.367 e. The average molecular weight is 518 g/mol. The highest BCUT2D eigenvalue weighted by atomic mass is 19.1. The van der Waals surface area contributed by atoms with Crippen LogP contribution < -0.4 is 10.2 Å². The average Bonchev–Trinajstić information content (AvgIpc) is 3.71. The second-order valence-corrected chi connectivity index (χ2v) is 11.6. The quantitative estimate of drug-likeness (QED) is 0.343. The first-order valence-electron chi connectivity index (χ1n) is 13.7. The number of benzene rings is 1. The van der Waals surface area contributed by atoms with Crippen LogP contribution in [0.2, 0.25) is 0 Å². The maximum absolute atomic E-state index is 14.0. The Kier molecular flexibility index (Phi) is 5.72. The Hall–Kier alpha value is -3.33. The topological polar surface area (TPSA) is 74.7 Å². The molecule has 0 spiro atoms. The number of nitrogens with one attached hydrogen (secondary N) is 2. The molecule has 4 aliphatic rings. The molecule has 9 heteroatoms. The minimum absolute atomic E-state index is 0.156. The lowest BCUT2D eigenvalue weighted by molar-refractivity contribution is 0.0886. The summed E-state index contributed by atoms with van der Waals surface area (Å²) in [4.78, 5) is 14.4. The zero-order chi connectivity index (χ0) is 25.9. The molecule has 0 amide bonds. The number of rotatable bonds is 8. The molecule has 4 fully saturated rings. The number of H-pyrrole nitrogens is 1. The highest BCUT2D eigenvalue weighted by molar-refractivity contribution is 5.81. The number of hydrogen-bond donors (Lipinski definition) is 2. The van der Waals surface area contributed by atoms with Gasteiger partial charge in [-0.25, -0.2) is 18.4 Å². The van der Waals surface area contributed by atoms with Gasteiger partial charge in [0.25, 0.3) is 0 Å². The molecule has 4 aromatic rings. The summed E-state index contributed by atoms with van der Waals surface area (Å²) in [6, 6.07) is 10.9. The van der Waals surface area contributed by atoms with Crippen LogP contribution in [0, 0.1) is 11.3 Å². The van der Waals surface area contributed by atoms with Gasteiger partial charge in [-0.1, -0.05) is 12.1 Å². The summed E-state index contributed by atoms with van der Waals surface area (Å²) in [6.45, 7) is 4.67. The van der Waals surface area contributed by atoms with Crippen molar-refractivity contribution in [3.8, 4) is 11.4 Å². The van der Waals surface area contributed by atoms with Gasteiger partial charge in [-0.2, -0.15) is 5.10 Å². The molecule has 8 rings (SSSR count). The molecule has 3 atom stereocenters. The third-order valence-corrected chi connectivity index (χ3v) is 9.07. The second kappa shape index (κ2) is 9.15. The Labute approximate surface area is 220 Å². The van der Waals surface area contributed by atoms with Gasteiger partial charge in [-0.3, -0.25) is 4.98 Å². The molecular weight excluding hydrogens is 484 g/mol. The first kappa shape index (κ1) is 23.8. The number of anilines is 1. The molecule has 7 nitrogen and oxygen atoms in total. The van der Waals surface area contributed by atoms with Gasteiger partial charge < -0.3 is 15.2 Å². The second-order valence-electron chi connectivity index (χ2n) is 11.6. The molecule has 2 N–H and O–H groups in total. The molecule has 1 aromatic carbocycles. The fourth-order valence-corrected chi connectivity index (χ4v) is 6.77. The van der Waals surface area contributed by atoms with E-state index in [9.17, 15) is 8.78 Å². The minimum atomic E-state index is -0.781. The van der Waals surface area contributed by atoms with Gasteiger partial charge in [0.05, 0.1) is 18.4 Å². The van der Waals surface area contributed by atoms with Crippen molar-refractivity contribution >= 4 is 16.6 Å². The number of aromatic amines is 1. The lowest BCUT2D eigenvalue weighted by Crippen LogP contribution is -2.46. The summed E-state index contributed by atoms with van der Waals surface area (Å²) in [7, 11) is 0. The first-order chi connectivity index (χ1) is 18.4. The molecule has 2 bridgehead atoms. The number of halogens is 2. The number of fused-ring (bicyclic) bond motifs is 2. The van der Waals surface area contributed by atoms with Crippen molar-refractivity contribution in [1.82, 2.24) is 30.0 Å². The Balaban J connectivity index is 1.01. The highest BCUT2D eigenvalue weighted by Crippen LogP contribution is 2.61. The van der Waals surface area contributed by atoms with Crippen LogP contribution in [0.1, 0.15) is 43.9 Å². The summed E-state index contributed by atoms with van der Waals surface area (Å²) in [6.07, 6.45) is 7.20. The van der Waals surface area contributed by atoms with Gasteiger partial charge in [-0.05, 0) is 73.1 Å². The van der Waals surface area contributed by atoms with Crippen LogP contribution >= 0.6 is 0 Å². The van der Waals surface area contributed by atoms with Gasteiger partial charge in [-0.15, -0.1) is 0 Å². The van der Waals surface area contributed by atoms with Crippen LogP contribution in [0.25, 0.3) is 22.3 Å². The van der Waals surface area contributed by atoms with Crippen LogP contribution in [0.15, 0.2) is 49.1 Å². The number of pyridine rings is 1. The van der Waals surface area contributed by atoms with Crippen molar-refractivity contribution in [2.75, 3.05) is 18.0 Å². The van der Waals surface area contributed by atoms with E-state index in [1.54, 1.807) is 18.7 Å². The molecular formula is C29H33F2N7. The lowest BCUT2D eigenvalue weighted by Gasteiger charge is -2.43. The molecule has 1 saturated heterocycles. The highest BCUT2D eigenvalue weighted by Gasteiger charge is 2.58. The van der Waals surface area contributed by atoms with Crippen molar-refractivity contribution < 1.29 is 8.78 Å². The van der Waals surface area contributed by atoms with E-state index in [0.717, 1.165) is 47.4 Å². The van der Waals surface area contributed by atoms with E-state index in [4.69, 9.17) is 0 Å². The summed E-state index contributed by atoms with van der Waals surface area (Å²) in [5.74, 6) is 0.909. The molecule has 4 heterocycles.